The maximum Gasteiger partial charge on any atom is 0.0991 e. The van der Waals surface area contributed by atoms with E-state index in [1.807, 2.05) is 19.1 Å². The van der Waals surface area contributed by atoms with Crippen LogP contribution < -0.4 is 4.90 Å². The Balaban J connectivity index is 2.90. The molecule has 0 heterocycles. The minimum Gasteiger partial charge on any atom is -0.383 e. The van der Waals surface area contributed by atoms with E-state index in [1.54, 1.807) is 13.2 Å². The first kappa shape index (κ1) is 14.0. The van der Waals surface area contributed by atoms with Gasteiger partial charge in [0.2, 0.25) is 0 Å². The molecule has 0 bridgehead atoms. The molecule has 0 aromatic heterocycles. The van der Waals surface area contributed by atoms with Crippen molar-refractivity contribution in [2.24, 2.45) is 0 Å². The Morgan fingerprint density at radius 3 is 2.61 bits per heavy atom. The molecular weight excluding hydrogens is 226 g/mol. The van der Waals surface area contributed by atoms with Crippen molar-refractivity contribution in [3.05, 3.63) is 29.3 Å². The molecule has 0 amide bonds. The van der Waals surface area contributed by atoms with Crippen molar-refractivity contribution in [3.8, 4) is 12.1 Å². The minimum absolute atomic E-state index is 0.475. The number of methoxy groups -OCH3 is 1. The van der Waals surface area contributed by atoms with Gasteiger partial charge in [-0.2, -0.15) is 10.5 Å². The van der Waals surface area contributed by atoms with Crippen LogP contribution in [0.4, 0.5) is 5.69 Å². The first-order chi connectivity index (χ1) is 8.72. The van der Waals surface area contributed by atoms with Crippen LogP contribution in [0.5, 0.6) is 0 Å². The SMILES string of the molecule is COCCN(CCC#N)c1ccc(C#N)cc1C. The number of aryl methyl sites for hydroxylation is 1. The number of anilines is 1. The van der Waals surface area contributed by atoms with E-state index in [4.69, 9.17) is 15.3 Å². The highest BCUT2D eigenvalue weighted by Crippen LogP contribution is 2.21. The molecule has 0 aliphatic rings. The average Bonchev–Trinajstić information content (AvgIpc) is 2.39. The normalized spacial score (nSPS) is 9.56. The molecule has 0 fully saturated rings. The molecule has 0 spiro atoms. The number of nitrogens with zero attached hydrogens (tertiary/aromatic N) is 3. The monoisotopic (exact) mass is 243 g/mol. The molecule has 94 valence electrons. The predicted molar refractivity (Wildman–Crippen MR) is 70.2 cm³/mol. The number of ether oxygens (including phenoxy) is 1. The van der Waals surface area contributed by atoms with E-state index in [-0.39, 0.29) is 0 Å². The summed E-state index contributed by atoms with van der Waals surface area (Å²) in [5.74, 6) is 0. The predicted octanol–water partition coefficient (Wildman–Crippen LogP) is 2.23. The van der Waals surface area contributed by atoms with Gasteiger partial charge in [0.1, 0.15) is 0 Å². The largest absolute Gasteiger partial charge is 0.383 e. The van der Waals surface area contributed by atoms with Crippen LogP contribution in [0.2, 0.25) is 0 Å². The topological polar surface area (TPSA) is 60.0 Å². The van der Waals surface area contributed by atoms with Crippen LogP contribution in [0.1, 0.15) is 17.5 Å². The Bertz CT molecular complexity index is 471. The van der Waals surface area contributed by atoms with Crippen LogP contribution in [0.15, 0.2) is 18.2 Å². The molecule has 0 unspecified atom stereocenters. The van der Waals surface area contributed by atoms with Crippen molar-refractivity contribution < 1.29 is 4.74 Å². The van der Waals surface area contributed by atoms with Crippen molar-refractivity contribution in [2.45, 2.75) is 13.3 Å². The highest BCUT2D eigenvalue weighted by molar-refractivity contribution is 5.56. The van der Waals surface area contributed by atoms with Crippen molar-refractivity contribution in [2.75, 3.05) is 31.7 Å². The molecule has 1 aromatic rings. The summed E-state index contributed by atoms with van der Waals surface area (Å²) in [6.45, 7) is 4.00. The summed E-state index contributed by atoms with van der Waals surface area (Å²) in [5, 5.41) is 17.5. The molecule has 0 aliphatic carbocycles. The van der Waals surface area contributed by atoms with Gasteiger partial charge in [0, 0.05) is 25.9 Å². The minimum atomic E-state index is 0.475. The summed E-state index contributed by atoms with van der Waals surface area (Å²) in [7, 11) is 1.66. The summed E-state index contributed by atoms with van der Waals surface area (Å²) >= 11 is 0. The lowest BCUT2D eigenvalue weighted by Gasteiger charge is -2.25. The molecule has 18 heavy (non-hydrogen) atoms. The van der Waals surface area contributed by atoms with E-state index in [2.05, 4.69) is 17.0 Å². The zero-order chi connectivity index (χ0) is 13.4. The molecule has 1 aromatic carbocycles. The fourth-order valence-corrected chi connectivity index (χ4v) is 1.82. The molecule has 0 saturated carbocycles. The van der Waals surface area contributed by atoms with E-state index < -0.39 is 0 Å². The molecule has 0 radical (unpaired) electrons. The molecule has 0 N–H and O–H groups in total. The third-order valence-electron chi connectivity index (χ3n) is 2.73. The molecule has 0 saturated heterocycles. The number of benzene rings is 1. The molecular formula is C14H17N3O. The summed E-state index contributed by atoms with van der Waals surface area (Å²) < 4.78 is 5.08. The summed E-state index contributed by atoms with van der Waals surface area (Å²) in [5.41, 5.74) is 2.76. The fraction of sp³-hybridized carbons (Fsp3) is 0.429. The van der Waals surface area contributed by atoms with Crippen LogP contribution in [0.25, 0.3) is 0 Å². The Labute approximate surface area is 108 Å². The van der Waals surface area contributed by atoms with Crippen LogP contribution in [-0.2, 0) is 4.74 Å². The lowest BCUT2D eigenvalue weighted by atomic mass is 10.1. The average molecular weight is 243 g/mol. The van der Waals surface area contributed by atoms with E-state index >= 15 is 0 Å². The van der Waals surface area contributed by atoms with Gasteiger partial charge in [-0.05, 0) is 30.7 Å². The smallest absolute Gasteiger partial charge is 0.0991 e. The van der Waals surface area contributed by atoms with Gasteiger partial charge in [-0.1, -0.05) is 0 Å². The Morgan fingerprint density at radius 2 is 2.06 bits per heavy atom. The number of hydrogen-bond donors (Lipinski definition) is 0. The third-order valence-corrected chi connectivity index (χ3v) is 2.73. The van der Waals surface area contributed by atoms with Crippen LogP contribution in [0.3, 0.4) is 0 Å². The van der Waals surface area contributed by atoms with E-state index in [0.717, 1.165) is 17.8 Å². The van der Waals surface area contributed by atoms with Gasteiger partial charge in [-0.3, -0.25) is 0 Å². The van der Waals surface area contributed by atoms with Gasteiger partial charge >= 0.3 is 0 Å². The lowest BCUT2D eigenvalue weighted by molar-refractivity contribution is 0.205. The second kappa shape index (κ2) is 7.32. The van der Waals surface area contributed by atoms with Crippen molar-refractivity contribution in [1.82, 2.24) is 0 Å². The van der Waals surface area contributed by atoms with E-state index in [9.17, 15) is 0 Å². The van der Waals surface area contributed by atoms with Crippen LogP contribution >= 0.6 is 0 Å². The standard InChI is InChI=1S/C14H17N3O/c1-12-10-13(11-16)4-5-14(12)17(7-3-6-15)8-9-18-2/h4-5,10H,3,7-9H2,1-2H3. The highest BCUT2D eigenvalue weighted by Gasteiger charge is 2.09. The quantitative estimate of drug-likeness (QED) is 0.768. The molecule has 4 heteroatoms. The Hall–Kier alpha value is -2.04. The lowest BCUT2D eigenvalue weighted by Crippen LogP contribution is -2.28. The first-order valence-corrected chi connectivity index (χ1v) is 5.84. The molecule has 4 nitrogen and oxygen atoms in total. The van der Waals surface area contributed by atoms with Crippen LogP contribution in [-0.4, -0.2) is 26.8 Å². The van der Waals surface area contributed by atoms with Crippen molar-refractivity contribution in [1.29, 1.82) is 10.5 Å². The van der Waals surface area contributed by atoms with E-state index in [1.165, 1.54) is 0 Å². The number of hydrogen-bond acceptors (Lipinski definition) is 4. The highest BCUT2D eigenvalue weighted by atomic mass is 16.5. The Morgan fingerprint density at radius 1 is 1.28 bits per heavy atom. The maximum absolute atomic E-state index is 8.85. The fourth-order valence-electron chi connectivity index (χ4n) is 1.82. The van der Waals surface area contributed by atoms with E-state index in [0.29, 0.717) is 25.1 Å². The zero-order valence-corrected chi connectivity index (χ0v) is 10.8. The Kier molecular flexibility index (Phi) is 5.70. The maximum atomic E-state index is 8.85. The first-order valence-electron chi connectivity index (χ1n) is 5.84. The molecule has 0 atom stereocenters. The number of nitriles is 2. The van der Waals surface area contributed by atoms with Crippen molar-refractivity contribution in [3.63, 3.8) is 0 Å². The molecule has 1 rings (SSSR count). The van der Waals surface area contributed by atoms with Gasteiger partial charge < -0.3 is 9.64 Å². The summed E-state index contributed by atoms with van der Waals surface area (Å²) in [6, 6.07) is 9.87. The van der Waals surface area contributed by atoms with Crippen LogP contribution in [0, 0.1) is 29.6 Å². The zero-order valence-electron chi connectivity index (χ0n) is 10.8. The molecule has 0 aliphatic heterocycles. The second-order valence-corrected chi connectivity index (χ2v) is 4.00. The van der Waals surface area contributed by atoms with Gasteiger partial charge in [-0.15, -0.1) is 0 Å². The van der Waals surface area contributed by atoms with Gasteiger partial charge in [0.25, 0.3) is 0 Å². The second-order valence-electron chi connectivity index (χ2n) is 4.00. The summed E-state index contributed by atoms with van der Waals surface area (Å²) in [6.07, 6.45) is 0.475. The van der Waals surface area contributed by atoms with Gasteiger partial charge in [0.15, 0.2) is 0 Å². The summed E-state index contributed by atoms with van der Waals surface area (Å²) in [4.78, 5) is 2.11. The number of rotatable bonds is 6. The van der Waals surface area contributed by atoms with Gasteiger partial charge in [-0.25, -0.2) is 0 Å². The third kappa shape index (κ3) is 3.76. The van der Waals surface area contributed by atoms with Gasteiger partial charge in [0.05, 0.1) is 30.7 Å². The van der Waals surface area contributed by atoms with Crippen molar-refractivity contribution >= 4 is 5.69 Å².